The summed E-state index contributed by atoms with van der Waals surface area (Å²) < 4.78 is 25.8. The molecule has 1 aliphatic heterocycles. The Morgan fingerprint density at radius 1 is 1.12 bits per heavy atom. The number of hydroxylamine groups is 2. The van der Waals surface area contributed by atoms with Gasteiger partial charge in [-0.15, -0.1) is 0 Å². The molecular weight excluding hydrogens is 438 g/mol. The van der Waals surface area contributed by atoms with Crippen molar-refractivity contribution in [3.8, 4) is 11.3 Å². The number of aromatic amines is 1. The molecule has 8 nitrogen and oxygen atoms in total. The molecule has 176 valence electrons. The number of nitrogens with one attached hydrogen (secondary N) is 1. The van der Waals surface area contributed by atoms with Gasteiger partial charge in [-0.3, -0.25) is 14.9 Å². The molecule has 3 aromatic rings. The van der Waals surface area contributed by atoms with Gasteiger partial charge in [-0.25, -0.2) is 17.7 Å². The van der Waals surface area contributed by atoms with Crippen molar-refractivity contribution >= 4 is 21.2 Å². The first-order chi connectivity index (χ1) is 15.6. The largest absolute Gasteiger partial charge is 0.338 e. The maximum Gasteiger partial charge on any atom is 0.242 e. The molecule has 0 fully saturated rings. The van der Waals surface area contributed by atoms with Crippen LogP contribution in [0.4, 0.5) is 0 Å². The molecule has 1 N–H and O–H groups in total. The Hall–Kier alpha value is -2.75. The maximum atomic E-state index is 12.3. The van der Waals surface area contributed by atoms with Gasteiger partial charge in [0.2, 0.25) is 10.0 Å². The highest BCUT2D eigenvalue weighted by Crippen LogP contribution is 2.31. The van der Waals surface area contributed by atoms with Gasteiger partial charge in [0.05, 0.1) is 5.69 Å². The summed E-state index contributed by atoms with van der Waals surface area (Å²) in [5.74, 6) is 0. The first kappa shape index (κ1) is 23.4. The number of hydrogen-bond donors (Lipinski definition) is 1. The molecule has 2 aromatic heterocycles. The van der Waals surface area contributed by atoms with E-state index >= 15 is 0 Å². The molecule has 0 amide bonds. The molecule has 1 aliphatic rings. The number of fused-ring (bicyclic) bond motifs is 1. The van der Waals surface area contributed by atoms with E-state index < -0.39 is 10.0 Å². The lowest BCUT2D eigenvalue weighted by Gasteiger charge is -2.19. The third kappa shape index (κ3) is 4.80. The molecular formula is C24H31N5O3S. The van der Waals surface area contributed by atoms with Crippen molar-refractivity contribution in [3.63, 3.8) is 0 Å². The molecule has 0 aliphatic carbocycles. The fourth-order valence-electron chi connectivity index (χ4n) is 3.89. The normalized spacial score (nSPS) is 15.0. The predicted molar refractivity (Wildman–Crippen MR) is 130 cm³/mol. The molecule has 1 aromatic carbocycles. The number of nitrogens with zero attached hydrogens (tertiary/aromatic N) is 4. The van der Waals surface area contributed by atoms with Gasteiger partial charge >= 0.3 is 0 Å². The van der Waals surface area contributed by atoms with Crippen LogP contribution in [-0.4, -0.2) is 60.0 Å². The van der Waals surface area contributed by atoms with E-state index in [9.17, 15) is 8.42 Å². The van der Waals surface area contributed by atoms with E-state index in [0.29, 0.717) is 6.54 Å². The van der Waals surface area contributed by atoms with E-state index in [2.05, 4.69) is 60.0 Å². The van der Waals surface area contributed by atoms with Crippen LogP contribution < -0.4 is 0 Å². The van der Waals surface area contributed by atoms with Crippen molar-refractivity contribution < 1.29 is 13.3 Å². The van der Waals surface area contributed by atoms with Crippen LogP contribution in [0.15, 0.2) is 47.8 Å². The van der Waals surface area contributed by atoms with Gasteiger partial charge in [0.25, 0.3) is 0 Å². The smallest absolute Gasteiger partial charge is 0.242 e. The van der Waals surface area contributed by atoms with E-state index in [0.717, 1.165) is 40.8 Å². The zero-order chi connectivity index (χ0) is 23.8. The standard InChI is InChI=1S/C24H31N5O3S/c1-24(2,3)18-10-8-17(9-11-18)21-20(22-23(27-21)26-13-12-25-22)7-6-14-29-15-19(16-32-29)33(30,31)28(4)5/h8-13,15H,6-7,14,16H2,1-5H3,(H,26,27). The highest BCUT2D eigenvalue weighted by molar-refractivity contribution is 7.93. The molecule has 0 atom stereocenters. The minimum atomic E-state index is -3.46. The van der Waals surface area contributed by atoms with Gasteiger partial charge in [-0.05, 0) is 29.4 Å². The second-order valence-corrected chi connectivity index (χ2v) is 11.7. The van der Waals surface area contributed by atoms with Gasteiger partial charge in [-0.2, -0.15) is 0 Å². The van der Waals surface area contributed by atoms with Crippen LogP contribution in [-0.2, 0) is 26.7 Å². The molecule has 0 saturated heterocycles. The van der Waals surface area contributed by atoms with E-state index in [1.807, 2.05) is 0 Å². The third-order valence-corrected chi connectivity index (χ3v) is 7.69. The number of aromatic nitrogens is 3. The van der Waals surface area contributed by atoms with Gasteiger partial charge < -0.3 is 4.98 Å². The van der Waals surface area contributed by atoms with Crippen molar-refractivity contribution in [1.29, 1.82) is 0 Å². The number of sulfonamides is 1. The molecule has 0 radical (unpaired) electrons. The Kier molecular flexibility index (Phi) is 6.30. The van der Waals surface area contributed by atoms with Crippen LogP contribution in [0.5, 0.6) is 0 Å². The van der Waals surface area contributed by atoms with Gasteiger partial charge in [0.1, 0.15) is 17.0 Å². The highest BCUT2D eigenvalue weighted by atomic mass is 32.2. The first-order valence-electron chi connectivity index (χ1n) is 11.0. The van der Waals surface area contributed by atoms with Gasteiger partial charge in [-0.1, -0.05) is 45.0 Å². The van der Waals surface area contributed by atoms with Crippen LogP contribution in [0, 0.1) is 0 Å². The fraction of sp³-hybridized carbons (Fsp3) is 0.417. The van der Waals surface area contributed by atoms with Crippen molar-refractivity contribution in [3.05, 3.63) is 58.9 Å². The van der Waals surface area contributed by atoms with E-state index in [1.165, 1.54) is 24.0 Å². The quantitative estimate of drug-likeness (QED) is 0.565. The zero-order valence-corrected chi connectivity index (χ0v) is 20.6. The topological polar surface area (TPSA) is 91.4 Å². The highest BCUT2D eigenvalue weighted by Gasteiger charge is 2.27. The lowest BCUT2D eigenvalue weighted by molar-refractivity contribution is -0.0902. The number of rotatable bonds is 7. The van der Waals surface area contributed by atoms with Crippen molar-refractivity contribution in [2.24, 2.45) is 0 Å². The summed E-state index contributed by atoms with van der Waals surface area (Å²) in [5.41, 5.74) is 6.21. The Morgan fingerprint density at radius 2 is 1.82 bits per heavy atom. The van der Waals surface area contributed by atoms with E-state index in [1.54, 1.807) is 23.7 Å². The summed E-state index contributed by atoms with van der Waals surface area (Å²) in [5, 5.41) is 1.61. The fourth-order valence-corrected chi connectivity index (χ4v) is 4.81. The van der Waals surface area contributed by atoms with Crippen LogP contribution in [0.25, 0.3) is 22.4 Å². The molecule has 0 bridgehead atoms. The van der Waals surface area contributed by atoms with Gasteiger partial charge in [0, 0.05) is 44.8 Å². The second-order valence-electron chi connectivity index (χ2n) is 9.46. The molecule has 0 saturated carbocycles. The van der Waals surface area contributed by atoms with Crippen molar-refractivity contribution in [2.45, 2.75) is 39.0 Å². The van der Waals surface area contributed by atoms with Crippen molar-refractivity contribution in [2.75, 3.05) is 27.2 Å². The lowest BCUT2D eigenvalue weighted by Crippen LogP contribution is -2.24. The Balaban J connectivity index is 1.54. The van der Waals surface area contributed by atoms with E-state index in [-0.39, 0.29) is 16.9 Å². The summed E-state index contributed by atoms with van der Waals surface area (Å²) in [6.45, 7) is 7.24. The summed E-state index contributed by atoms with van der Waals surface area (Å²) in [6.07, 6.45) is 6.49. The average molecular weight is 470 g/mol. The number of aryl methyl sites for hydroxylation is 1. The Bertz CT molecular complexity index is 1270. The van der Waals surface area contributed by atoms with Crippen LogP contribution in [0.3, 0.4) is 0 Å². The minimum Gasteiger partial charge on any atom is -0.338 e. The zero-order valence-electron chi connectivity index (χ0n) is 19.8. The molecule has 0 spiro atoms. The summed E-state index contributed by atoms with van der Waals surface area (Å²) in [4.78, 5) is 18.3. The molecule has 3 heterocycles. The van der Waals surface area contributed by atoms with Crippen molar-refractivity contribution in [1.82, 2.24) is 24.3 Å². The summed E-state index contributed by atoms with van der Waals surface area (Å²) in [6, 6.07) is 8.61. The SMILES string of the molecule is CN(C)S(=O)(=O)C1=CN(CCCc2c(-c3ccc(C(C)(C)C)cc3)[nH]c3nccnc23)OC1. The number of hydrogen-bond acceptors (Lipinski definition) is 6. The average Bonchev–Trinajstić information content (AvgIpc) is 3.39. The van der Waals surface area contributed by atoms with E-state index in [4.69, 9.17) is 4.84 Å². The minimum absolute atomic E-state index is 0.0600. The monoisotopic (exact) mass is 469 g/mol. The van der Waals surface area contributed by atoms with Gasteiger partial charge in [0.15, 0.2) is 5.65 Å². The molecule has 4 rings (SSSR count). The summed E-state index contributed by atoms with van der Waals surface area (Å²) >= 11 is 0. The number of benzene rings is 1. The number of H-pyrrole nitrogens is 1. The molecule has 9 heteroatoms. The van der Waals surface area contributed by atoms with Crippen LogP contribution in [0.1, 0.15) is 38.3 Å². The maximum absolute atomic E-state index is 12.3. The molecule has 33 heavy (non-hydrogen) atoms. The Morgan fingerprint density at radius 3 is 2.48 bits per heavy atom. The Labute approximate surface area is 195 Å². The predicted octanol–water partition coefficient (Wildman–Crippen LogP) is 3.84. The second kappa shape index (κ2) is 8.89. The van der Waals surface area contributed by atoms with Crippen LogP contribution >= 0.6 is 0 Å². The van der Waals surface area contributed by atoms with Crippen LogP contribution in [0.2, 0.25) is 0 Å². The molecule has 0 unspecified atom stereocenters. The third-order valence-electron chi connectivity index (χ3n) is 5.85. The lowest BCUT2D eigenvalue weighted by atomic mass is 9.86. The first-order valence-corrected chi connectivity index (χ1v) is 12.5. The summed E-state index contributed by atoms with van der Waals surface area (Å²) in [7, 11) is -0.418.